The Kier molecular flexibility index (Phi) is 5.60. The second kappa shape index (κ2) is 8.27. The molecule has 5 nitrogen and oxygen atoms in total. The first-order valence-corrected chi connectivity index (χ1v) is 10.4. The molecule has 2 fully saturated rings. The maximum Gasteiger partial charge on any atom is 0.233 e. The molecule has 0 spiro atoms. The van der Waals surface area contributed by atoms with Gasteiger partial charge in [0.15, 0.2) is 5.16 Å². The van der Waals surface area contributed by atoms with Crippen molar-refractivity contribution in [2.75, 3.05) is 13.2 Å². The van der Waals surface area contributed by atoms with Gasteiger partial charge in [-0.3, -0.25) is 4.79 Å². The van der Waals surface area contributed by atoms with Crippen LogP contribution in [0.5, 0.6) is 0 Å². The lowest BCUT2D eigenvalue weighted by atomic mass is 10.1. The zero-order valence-corrected chi connectivity index (χ0v) is 15.7. The van der Waals surface area contributed by atoms with E-state index in [1.807, 2.05) is 24.4 Å². The zero-order chi connectivity index (χ0) is 17.8. The highest BCUT2D eigenvalue weighted by Crippen LogP contribution is 2.32. The number of carbonyl (C=O) groups is 1. The first kappa shape index (κ1) is 17.6. The SMILES string of the molecule is O=C1NCCCCC1Sc1ncc(-c2ccccc2)n1CC1CCCO1. The summed E-state index contributed by atoms with van der Waals surface area (Å²) in [6.45, 7) is 2.42. The number of thioether (sulfide) groups is 1. The van der Waals surface area contributed by atoms with Crippen LogP contribution >= 0.6 is 11.8 Å². The molecule has 2 unspecified atom stereocenters. The number of nitrogens with one attached hydrogen (secondary N) is 1. The van der Waals surface area contributed by atoms with Crippen LogP contribution in [0.4, 0.5) is 0 Å². The lowest BCUT2D eigenvalue weighted by Gasteiger charge is -2.18. The Morgan fingerprint density at radius 1 is 1.19 bits per heavy atom. The molecule has 1 N–H and O–H groups in total. The average molecular weight is 372 g/mol. The van der Waals surface area contributed by atoms with Crippen LogP contribution in [-0.2, 0) is 16.1 Å². The lowest BCUT2D eigenvalue weighted by Crippen LogP contribution is -2.31. The van der Waals surface area contributed by atoms with Gasteiger partial charge in [0, 0.05) is 13.2 Å². The third kappa shape index (κ3) is 3.96. The van der Waals surface area contributed by atoms with Crippen LogP contribution in [-0.4, -0.2) is 40.0 Å². The van der Waals surface area contributed by atoms with E-state index >= 15 is 0 Å². The second-order valence-electron chi connectivity index (χ2n) is 6.93. The maximum absolute atomic E-state index is 12.4. The number of nitrogens with zero attached hydrogens (tertiary/aromatic N) is 2. The predicted octanol–water partition coefficient (Wildman–Crippen LogP) is 3.49. The van der Waals surface area contributed by atoms with E-state index in [1.165, 1.54) is 0 Å². The number of rotatable bonds is 5. The number of amides is 1. The van der Waals surface area contributed by atoms with Gasteiger partial charge in [-0.05, 0) is 31.2 Å². The molecule has 0 saturated carbocycles. The third-order valence-corrected chi connectivity index (χ3v) is 6.30. The first-order valence-electron chi connectivity index (χ1n) is 9.48. The van der Waals surface area contributed by atoms with Gasteiger partial charge in [-0.25, -0.2) is 4.98 Å². The zero-order valence-electron chi connectivity index (χ0n) is 14.9. The number of imidazole rings is 1. The van der Waals surface area contributed by atoms with E-state index in [9.17, 15) is 4.79 Å². The molecule has 26 heavy (non-hydrogen) atoms. The molecule has 0 bridgehead atoms. The molecule has 0 aliphatic carbocycles. The van der Waals surface area contributed by atoms with E-state index in [0.717, 1.165) is 68.2 Å². The van der Waals surface area contributed by atoms with Gasteiger partial charge in [0.25, 0.3) is 0 Å². The van der Waals surface area contributed by atoms with Gasteiger partial charge >= 0.3 is 0 Å². The van der Waals surface area contributed by atoms with E-state index in [-0.39, 0.29) is 17.3 Å². The van der Waals surface area contributed by atoms with Crippen LogP contribution in [0.2, 0.25) is 0 Å². The summed E-state index contributed by atoms with van der Waals surface area (Å²) in [5.74, 6) is 0.139. The van der Waals surface area contributed by atoms with Crippen molar-refractivity contribution in [3.8, 4) is 11.3 Å². The van der Waals surface area contributed by atoms with Gasteiger partial charge < -0.3 is 14.6 Å². The van der Waals surface area contributed by atoms with Crippen LogP contribution in [0.3, 0.4) is 0 Å². The molecule has 0 radical (unpaired) electrons. The summed E-state index contributed by atoms with van der Waals surface area (Å²) in [5.41, 5.74) is 2.24. The van der Waals surface area contributed by atoms with Gasteiger partial charge in [-0.2, -0.15) is 0 Å². The summed E-state index contributed by atoms with van der Waals surface area (Å²) in [4.78, 5) is 17.0. The number of carbonyl (C=O) groups excluding carboxylic acids is 1. The Morgan fingerprint density at radius 3 is 2.88 bits per heavy atom. The Hall–Kier alpha value is -1.79. The monoisotopic (exact) mass is 371 g/mol. The maximum atomic E-state index is 12.4. The predicted molar refractivity (Wildman–Crippen MR) is 103 cm³/mol. The summed E-state index contributed by atoms with van der Waals surface area (Å²) in [7, 11) is 0. The summed E-state index contributed by atoms with van der Waals surface area (Å²) in [6.07, 6.45) is 7.41. The fourth-order valence-electron chi connectivity index (χ4n) is 3.61. The van der Waals surface area contributed by atoms with Crippen LogP contribution < -0.4 is 5.32 Å². The summed E-state index contributed by atoms with van der Waals surface area (Å²) in [6, 6.07) is 10.3. The molecule has 1 aromatic carbocycles. The molecule has 1 amide bonds. The Morgan fingerprint density at radius 2 is 2.08 bits per heavy atom. The van der Waals surface area contributed by atoms with Crippen molar-refractivity contribution in [2.24, 2.45) is 0 Å². The highest BCUT2D eigenvalue weighted by Gasteiger charge is 2.26. The Labute approximate surface area is 158 Å². The summed E-state index contributed by atoms with van der Waals surface area (Å²) < 4.78 is 8.11. The minimum absolute atomic E-state index is 0.0632. The molecule has 2 aliphatic heterocycles. The van der Waals surface area contributed by atoms with Crippen molar-refractivity contribution in [3.05, 3.63) is 36.5 Å². The number of hydrogen-bond donors (Lipinski definition) is 1. The highest BCUT2D eigenvalue weighted by atomic mass is 32.2. The van der Waals surface area contributed by atoms with Gasteiger partial charge in [0.2, 0.25) is 5.91 Å². The number of ether oxygens (including phenoxy) is 1. The van der Waals surface area contributed by atoms with Gasteiger partial charge in [0.1, 0.15) is 0 Å². The fourth-order valence-corrected chi connectivity index (χ4v) is 4.75. The quantitative estimate of drug-likeness (QED) is 0.874. The number of benzene rings is 1. The molecule has 3 heterocycles. The third-order valence-electron chi connectivity index (χ3n) is 5.03. The fraction of sp³-hybridized carbons (Fsp3) is 0.500. The minimum atomic E-state index is -0.0632. The van der Waals surface area contributed by atoms with Gasteiger partial charge in [-0.1, -0.05) is 48.5 Å². The minimum Gasteiger partial charge on any atom is -0.376 e. The van der Waals surface area contributed by atoms with Crippen molar-refractivity contribution in [1.82, 2.24) is 14.9 Å². The van der Waals surface area contributed by atoms with Crippen molar-refractivity contribution in [3.63, 3.8) is 0 Å². The van der Waals surface area contributed by atoms with E-state index in [4.69, 9.17) is 4.74 Å². The summed E-state index contributed by atoms with van der Waals surface area (Å²) >= 11 is 1.60. The molecule has 1 aromatic heterocycles. The number of hydrogen-bond acceptors (Lipinski definition) is 4. The summed E-state index contributed by atoms with van der Waals surface area (Å²) in [5, 5.41) is 3.88. The Bertz CT molecular complexity index is 741. The topological polar surface area (TPSA) is 56.2 Å². The van der Waals surface area contributed by atoms with Gasteiger partial charge in [0.05, 0.1) is 29.8 Å². The molecule has 6 heteroatoms. The van der Waals surface area contributed by atoms with Crippen molar-refractivity contribution >= 4 is 17.7 Å². The van der Waals surface area contributed by atoms with E-state index < -0.39 is 0 Å². The van der Waals surface area contributed by atoms with Gasteiger partial charge in [-0.15, -0.1) is 0 Å². The van der Waals surface area contributed by atoms with Crippen molar-refractivity contribution in [1.29, 1.82) is 0 Å². The van der Waals surface area contributed by atoms with E-state index in [0.29, 0.717) is 0 Å². The largest absolute Gasteiger partial charge is 0.376 e. The van der Waals surface area contributed by atoms with Crippen molar-refractivity contribution < 1.29 is 9.53 Å². The standard InChI is InChI=1S/C20H25N3O2S/c24-19-18(10-4-5-11-21-19)26-20-22-13-17(15-7-2-1-3-8-15)23(20)14-16-9-6-12-25-16/h1-3,7-8,13,16,18H,4-6,9-12,14H2,(H,21,24). The molecule has 2 atom stereocenters. The molecule has 138 valence electrons. The van der Waals surface area contributed by atoms with E-state index in [2.05, 4.69) is 27.0 Å². The van der Waals surface area contributed by atoms with E-state index in [1.54, 1.807) is 11.8 Å². The first-order chi connectivity index (χ1) is 12.8. The van der Waals surface area contributed by atoms with Crippen LogP contribution in [0.15, 0.2) is 41.7 Å². The average Bonchev–Trinajstić information content (AvgIpc) is 3.27. The normalized spacial score (nSPS) is 23.6. The molecule has 2 aromatic rings. The van der Waals surface area contributed by atoms with Crippen molar-refractivity contribution in [2.45, 2.75) is 55.2 Å². The van der Waals surface area contributed by atoms with Crippen LogP contribution in [0.1, 0.15) is 32.1 Å². The molecule has 2 aliphatic rings. The highest BCUT2D eigenvalue weighted by molar-refractivity contribution is 8.00. The molecular formula is C20H25N3O2S. The molecule has 4 rings (SSSR count). The van der Waals surface area contributed by atoms with Crippen LogP contribution in [0, 0.1) is 0 Å². The smallest absolute Gasteiger partial charge is 0.233 e. The molecule has 2 saturated heterocycles. The Balaban J connectivity index is 1.62. The molecular weight excluding hydrogens is 346 g/mol. The van der Waals surface area contributed by atoms with Crippen LogP contribution in [0.25, 0.3) is 11.3 Å². The number of aromatic nitrogens is 2. The second-order valence-corrected chi connectivity index (χ2v) is 8.10. The lowest BCUT2D eigenvalue weighted by molar-refractivity contribution is -0.120.